The van der Waals surface area contributed by atoms with E-state index < -0.39 is 0 Å². The maximum atomic E-state index is 11.9. The molecule has 0 atom stereocenters. The summed E-state index contributed by atoms with van der Waals surface area (Å²) >= 11 is 6.05. The van der Waals surface area contributed by atoms with Crippen LogP contribution in [0.25, 0.3) is 0 Å². The molecule has 0 unspecified atom stereocenters. The van der Waals surface area contributed by atoms with E-state index in [1.54, 1.807) is 37.5 Å². The number of carbonyl (C=O) groups excluding carboxylic acids is 1. The third kappa shape index (κ3) is 3.82. The lowest BCUT2D eigenvalue weighted by Crippen LogP contribution is -2.23. The van der Waals surface area contributed by atoms with E-state index in [2.05, 4.69) is 25.9 Å². The molecule has 1 heterocycles. The Morgan fingerprint density at radius 1 is 1.33 bits per heavy atom. The number of hydrogen-bond donors (Lipinski definition) is 3. The lowest BCUT2D eigenvalue weighted by molar-refractivity contribution is 0.0956. The number of halogens is 1. The summed E-state index contributed by atoms with van der Waals surface area (Å²) in [6, 6.07) is 6.85. The van der Waals surface area contributed by atoms with Crippen LogP contribution in [0.3, 0.4) is 0 Å². The lowest BCUT2D eigenvalue weighted by atomic mass is 10.2. The fourth-order valence-electron chi connectivity index (χ4n) is 1.72. The monoisotopic (exact) mass is 305 g/mol. The van der Waals surface area contributed by atoms with Gasteiger partial charge >= 0.3 is 0 Å². The Bertz CT molecular complexity index is 647. The molecule has 2 rings (SSSR count). The predicted molar refractivity (Wildman–Crippen MR) is 84.3 cm³/mol. The van der Waals surface area contributed by atoms with Gasteiger partial charge in [0, 0.05) is 25.5 Å². The molecule has 110 valence electrons. The van der Waals surface area contributed by atoms with E-state index in [9.17, 15) is 4.79 Å². The van der Waals surface area contributed by atoms with Gasteiger partial charge in [0.1, 0.15) is 5.82 Å². The van der Waals surface area contributed by atoms with Gasteiger partial charge in [-0.25, -0.2) is 4.98 Å². The Hall–Kier alpha value is -2.34. The molecule has 0 fully saturated rings. The third-order valence-electron chi connectivity index (χ3n) is 2.72. The highest BCUT2D eigenvalue weighted by atomic mass is 35.5. The molecule has 0 saturated carbocycles. The highest BCUT2D eigenvalue weighted by Gasteiger charge is 2.10. The van der Waals surface area contributed by atoms with Crippen LogP contribution in [-0.2, 0) is 0 Å². The van der Waals surface area contributed by atoms with Gasteiger partial charge in [0.15, 0.2) is 0 Å². The maximum Gasteiger partial charge on any atom is 0.252 e. The number of nitrogens with zero attached hydrogens (tertiary/aromatic N) is 2. The number of hydrogen-bond acceptors (Lipinski definition) is 5. The molecule has 6 nitrogen and oxygen atoms in total. The van der Waals surface area contributed by atoms with Crippen molar-refractivity contribution in [3.8, 4) is 0 Å². The molecule has 1 aromatic carbocycles. The van der Waals surface area contributed by atoms with Crippen LogP contribution in [-0.4, -0.2) is 29.5 Å². The number of benzene rings is 1. The van der Waals surface area contributed by atoms with E-state index in [0.29, 0.717) is 34.6 Å². The zero-order valence-corrected chi connectivity index (χ0v) is 12.5. The Balaban J connectivity index is 2.24. The second-order valence-corrected chi connectivity index (χ2v) is 4.60. The van der Waals surface area contributed by atoms with Crippen molar-refractivity contribution in [1.82, 2.24) is 15.3 Å². The maximum absolute atomic E-state index is 11.9. The quantitative estimate of drug-likeness (QED) is 0.791. The first kappa shape index (κ1) is 15.1. The van der Waals surface area contributed by atoms with Crippen molar-refractivity contribution in [2.75, 3.05) is 24.2 Å². The first-order valence-corrected chi connectivity index (χ1v) is 6.87. The average Bonchev–Trinajstić information content (AvgIpc) is 2.49. The van der Waals surface area contributed by atoms with Crippen LogP contribution in [0.1, 0.15) is 17.3 Å². The average molecular weight is 306 g/mol. The predicted octanol–water partition coefficient (Wildman–Crippen LogP) is 2.67. The molecule has 0 aliphatic rings. The number of aromatic nitrogens is 2. The van der Waals surface area contributed by atoms with Gasteiger partial charge in [-0.3, -0.25) is 4.79 Å². The standard InChI is InChI=1S/C14H16ClN5O/c1-3-17-13(21)10-8-9(4-5-11(10)15)19-14-18-7-6-12(16-2)20-14/h4-8H,3H2,1-2H3,(H,17,21)(H2,16,18,19,20). The van der Waals surface area contributed by atoms with Gasteiger partial charge in [-0.15, -0.1) is 0 Å². The van der Waals surface area contributed by atoms with E-state index in [-0.39, 0.29) is 5.91 Å². The Morgan fingerprint density at radius 3 is 2.86 bits per heavy atom. The number of anilines is 3. The molecule has 1 aromatic heterocycles. The zero-order chi connectivity index (χ0) is 15.2. The summed E-state index contributed by atoms with van der Waals surface area (Å²) in [4.78, 5) is 20.3. The number of nitrogens with one attached hydrogen (secondary N) is 3. The van der Waals surface area contributed by atoms with Crippen molar-refractivity contribution in [2.45, 2.75) is 6.92 Å². The van der Waals surface area contributed by atoms with Gasteiger partial charge < -0.3 is 16.0 Å². The van der Waals surface area contributed by atoms with Crippen LogP contribution in [0.2, 0.25) is 5.02 Å². The fraction of sp³-hybridized carbons (Fsp3) is 0.214. The van der Waals surface area contributed by atoms with Crippen LogP contribution in [0.5, 0.6) is 0 Å². The van der Waals surface area contributed by atoms with E-state index >= 15 is 0 Å². The lowest BCUT2D eigenvalue weighted by Gasteiger charge is -2.09. The zero-order valence-electron chi connectivity index (χ0n) is 11.8. The number of rotatable bonds is 5. The fourth-order valence-corrected chi connectivity index (χ4v) is 1.92. The molecule has 0 aliphatic heterocycles. The van der Waals surface area contributed by atoms with Crippen molar-refractivity contribution >= 4 is 35.0 Å². The molecule has 3 N–H and O–H groups in total. The van der Waals surface area contributed by atoms with Crippen molar-refractivity contribution in [2.24, 2.45) is 0 Å². The van der Waals surface area contributed by atoms with Crippen molar-refractivity contribution in [3.05, 3.63) is 41.0 Å². The molecule has 0 aliphatic carbocycles. The van der Waals surface area contributed by atoms with Crippen LogP contribution in [0, 0.1) is 0 Å². The van der Waals surface area contributed by atoms with Gasteiger partial charge in [0.25, 0.3) is 5.91 Å². The highest BCUT2D eigenvalue weighted by molar-refractivity contribution is 6.34. The second-order valence-electron chi connectivity index (χ2n) is 4.19. The topological polar surface area (TPSA) is 78.9 Å². The van der Waals surface area contributed by atoms with E-state index in [0.717, 1.165) is 0 Å². The largest absolute Gasteiger partial charge is 0.373 e. The molecule has 0 spiro atoms. The molecule has 0 saturated heterocycles. The molecule has 21 heavy (non-hydrogen) atoms. The smallest absolute Gasteiger partial charge is 0.252 e. The first-order chi connectivity index (χ1) is 10.1. The third-order valence-corrected chi connectivity index (χ3v) is 3.05. The van der Waals surface area contributed by atoms with Crippen LogP contribution in [0.4, 0.5) is 17.5 Å². The molecular formula is C14H16ClN5O. The Kier molecular flexibility index (Phi) is 4.94. The van der Waals surface area contributed by atoms with Crippen molar-refractivity contribution in [3.63, 3.8) is 0 Å². The van der Waals surface area contributed by atoms with Crippen LogP contribution in [0.15, 0.2) is 30.5 Å². The minimum Gasteiger partial charge on any atom is -0.373 e. The Labute approximate surface area is 128 Å². The molecule has 2 aromatic rings. The first-order valence-electron chi connectivity index (χ1n) is 6.49. The van der Waals surface area contributed by atoms with Crippen molar-refractivity contribution < 1.29 is 4.79 Å². The summed E-state index contributed by atoms with van der Waals surface area (Å²) in [6.45, 7) is 2.39. The van der Waals surface area contributed by atoms with Gasteiger partial charge in [0.05, 0.1) is 10.6 Å². The Morgan fingerprint density at radius 2 is 2.14 bits per heavy atom. The summed E-state index contributed by atoms with van der Waals surface area (Å²) < 4.78 is 0. The van der Waals surface area contributed by atoms with E-state index in [1.807, 2.05) is 6.92 Å². The molecule has 7 heteroatoms. The van der Waals surface area contributed by atoms with E-state index in [1.165, 1.54) is 0 Å². The molecular weight excluding hydrogens is 290 g/mol. The molecule has 0 radical (unpaired) electrons. The molecule has 0 bridgehead atoms. The highest BCUT2D eigenvalue weighted by Crippen LogP contribution is 2.22. The minimum absolute atomic E-state index is 0.212. The second kappa shape index (κ2) is 6.90. The van der Waals surface area contributed by atoms with Gasteiger partial charge in [-0.1, -0.05) is 11.6 Å². The summed E-state index contributed by atoms with van der Waals surface area (Å²) in [6.07, 6.45) is 1.64. The van der Waals surface area contributed by atoms with Gasteiger partial charge in [-0.2, -0.15) is 4.98 Å². The summed E-state index contributed by atoms with van der Waals surface area (Å²) in [5.74, 6) is 0.924. The number of amides is 1. The van der Waals surface area contributed by atoms with Crippen molar-refractivity contribution in [1.29, 1.82) is 0 Å². The van der Waals surface area contributed by atoms with Gasteiger partial charge in [0.2, 0.25) is 5.95 Å². The van der Waals surface area contributed by atoms with Gasteiger partial charge in [-0.05, 0) is 31.2 Å². The normalized spacial score (nSPS) is 10.0. The minimum atomic E-state index is -0.212. The van der Waals surface area contributed by atoms with Crippen LogP contribution >= 0.6 is 11.6 Å². The summed E-state index contributed by atoms with van der Waals surface area (Å²) in [5, 5.41) is 9.09. The molecule has 1 amide bonds. The van der Waals surface area contributed by atoms with Crippen LogP contribution < -0.4 is 16.0 Å². The van der Waals surface area contributed by atoms with E-state index in [4.69, 9.17) is 11.6 Å². The number of carbonyl (C=O) groups is 1. The summed E-state index contributed by atoms with van der Waals surface area (Å²) in [5.41, 5.74) is 1.10. The SMILES string of the molecule is CCNC(=O)c1cc(Nc2nccc(NC)n2)ccc1Cl. The summed E-state index contributed by atoms with van der Waals surface area (Å²) in [7, 11) is 1.78.